The molecule has 1 unspecified atom stereocenters. The molecule has 0 aliphatic carbocycles. The topological polar surface area (TPSA) is 65.9 Å². The summed E-state index contributed by atoms with van der Waals surface area (Å²) in [6.07, 6.45) is 5.82. The van der Waals surface area contributed by atoms with Crippen molar-refractivity contribution in [3.8, 4) is 0 Å². The predicted molar refractivity (Wildman–Crippen MR) is 117 cm³/mol. The van der Waals surface area contributed by atoms with Crippen LogP contribution in [-0.4, -0.2) is 61.8 Å². The van der Waals surface area contributed by atoms with Gasteiger partial charge in [-0.1, -0.05) is 0 Å². The molecule has 1 aromatic carbocycles. The van der Waals surface area contributed by atoms with Crippen LogP contribution in [0, 0.1) is 0 Å². The molecule has 0 saturated carbocycles. The summed E-state index contributed by atoms with van der Waals surface area (Å²) in [5.41, 5.74) is 3.02. The molecule has 0 N–H and O–H groups in total. The number of benzene rings is 1. The minimum atomic E-state index is -3.48. The lowest BCUT2D eigenvalue weighted by molar-refractivity contribution is -0.120. The fourth-order valence-corrected chi connectivity index (χ4v) is 5.59. The largest absolute Gasteiger partial charge is 0.353 e. The summed E-state index contributed by atoms with van der Waals surface area (Å²) in [5.74, 6) is 0.0836. The SMILES string of the molecule is CN(C)S(=O)(=O)c1ccc2c(c1)CCCN2C(=O)CN1CCCC1c1cccn1C. The van der Waals surface area contributed by atoms with Crippen LogP contribution in [-0.2, 0) is 28.3 Å². The number of carbonyl (C=O) groups excluding carboxylic acids is 1. The van der Waals surface area contributed by atoms with Gasteiger partial charge in [0.25, 0.3) is 0 Å². The van der Waals surface area contributed by atoms with E-state index in [0.29, 0.717) is 13.1 Å². The Labute approximate surface area is 178 Å². The molecule has 0 bridgehead atoms. The highest BCUT2D eigenvalue weighted by Crippen LogP contribution is 2.34. The lowest BCUT2D eigenvalue weighted by Gasteiger charge is -2.32. The van der Waals surface area contributed by atoms with Crippen LogP contribution in [0.4, 0.5) is 5.69 Å². The number of hydrogen-bond donors (Lipinski definition) is 0. The van der Waals surface area contributed by atoms with Crippen molar-refractivity contribution in [2.75, 3.05) is 38.6 Å². The Morgan fingerprint density at radius 1 is 1.17 bits per heavy atom. The average molecular weight is 431 g/mol. The summed E-state index contributed by atoms with van der Waals surface area (Å²) in [5, 5.41) is 0. The van der Waals surface area contributed by atoms with Gasteiger partial charge >= 0.3 is 0 Å². The summed E-state index contributed by atoms with van der Waals surface area (Å²) in [6, 6.07) is 9.59. The van der Waals surface area contributed by atoms with Crippen molar-refractivity contribution in [1.82, 2.24) is 13.8 Å². The molecule has 2 aromatic rings. The molecule has 2 aliphatic heterocycles. The summed E-state index contributed by atoms with van der Waals surface area (Å²) in [4.78, 5) is 17.7. The van der Waals surface area contributed by atoms with Crippen LogP contribution in [0.5, 0.6) is 0 Å². The molecule has 1 amide bonds. The molecule has 0 radical (unpaired) electrons. The quantitative estimate of drug-likeness (QED) is 0.731. The van der Waals surface area contributed by atoms with E-state index in [9.17, 15) is 13.2 Å². The lowest BCUT2D eigenvalue weighted by Crippen LogP contribution is -2.42. The predicted octanol–water partition coefficient (Wildman–Crippen LogP) is 2.39. The first-order chi connectivity index (χ1) is 14.3. The number of sulfonamides is 1. The maximum Gasteiger partial charge on any atom is 0.242 e. The zero-order chi connectivity index (χ0) is 21.5. The van der Waals surface area contributed by atoms with E-state index in [4.69, 9.17) is 0 Å². The van der Waals surface area contributed by atoms with Crippen molar-refractivity contribution < 1.29 is 13.2 Å². The van der Waals surface area contributed by atoms with Crippen LogP contribution >= 0.6 is 0 Å². The summed E-state index contributed by atoms with van der Waals surface area (Å²) >= 11 is 0. The fourth-order valence-electron chi connectivity index (χ4n) is 4.63. The smallest absolute Gasteiger partial charge is 0.242 e. The highest BCUT2D eigenvalue weighted by Gasteiger charge is 2.32. The first-order valence-corrected chi connectivity index (χ1v) is 11.9. The highest BCUT2D eigenvalue weighted by molar-refractivity contribution is 7.89. The minimum Gasteiger partial charge on any atom is -0.353 e. The van der Waals surface area contributed by atoms with Gasteiger partial charge < -0.3 is 9.47 Å². The normalized spacial score (nSPS) is 20.0. The average Bonchev–Trinajstić information content (AvgIpc) is 3.35. The van der Waals surface area contributed by atoms with Crippen LogP contribution in [0.1, 0.15) is 36.6 Å². The van der Waals surface area contributed by atoms with E-state index in [1.54, 1.807) is 18.2 Å². The molecular formula is C22H30N4O3S. The summed E-state index contributed by atoms with van der Waals surface area (Å²) in [7, 11) is 1.63. The Kier molecular flexibility index (Phi) is 5.74. The van der Waals surface area contributed by atoms with Gasteiger partial charge in [-0.2, -0.15) is 0 Å². The Morgan fingerprint density at radius 2 is 1.97 bits per heavy atom. The van der Waals surface area contributed by atoms with Crippen LogP contribution in [0.25, 0.3) is 0 Å². The molecule has 162 valence electrons. The second-order valence-corrected chi connectivity index (χ2v) is 10.6. The number of fused-ring (bicyclic) bond motifs is 1. The number of rotatable bonds is 5. The van der Waals surface area contributed by atoms with Crippen molar-refractivity contribution in [2.45, 2.75) is 36.6 Å². The Balaban J connectivity index is 1.54. The van der Waals surface area contributed by atoms with Crippen LogP contribution < -0.4 is 4.90 Å². The fraction of sp³-hybridized carbons (Fsp3) is 0.500. The number of hydrogen-bond acceptors (Lipinski definition) is 4. The number of anilines is 1. The van der Waals surface area contributed by atoms with Gasteiger partial charge in [-0.05, 0) is 68.1 Å². The summed E-state index contributed by atoms with van der Waals surface area (Å²) in [6.45, 7) is 1.98. The molecular weight excluding hydrogens is 400 g/mol. The van der Waals surface area contributed by atoms with Gasteiger partial charge in [-0.15, -0.1) is 0 Å². The van der Waals surface area contributed by atoms with E-state index in [2.05, 4.69) is 15.5 Å². The third-order valence-electron chi connectivity index (χ3n) is 6.28. The van der Waals surface area contributed by atoms with Crippen molar-refractivity contribution in [3.05, 3.63) is 47.8 Å². The van der Waals surface area contributed by atoms with Gasteiger partial charge in [0.05, 0.1) is 17.5 Å². The van der Waals surface area contributed by atoms with Gasteiger partial charge in [-0.25, -0.2) is 12.7 Å². The third kappa shape index (κ3) is 3.79. The zero-order valence-electron chi connectivity index (χ0n) is 17.9. The van der Waals surface area contributed by atoms with Crippen LogP contribution in [0.3, 0.4) is 0 Å². The van der Waals surface area contributed by atoms with Crippen LogP contribution in [0.15, 0.2) is 41.4 Å². The van der Waals surface area contributed by atoms with Gasteiger partial charge in [0.15, 0.2) is 0 Å². The van der Waals surface area contributed by atoms with E-state index in [-0.39, 0.29) is 16.8 Å². The number of amides is 1. The van der Waals surface area contributed by atoms with Crippen molar-refractivity contribution in [3.63, 3.8) is 0 Å². The molecule has 1 saturated heterocycles. The number of aromatic nitrogens is 1. The van der Waals surface area contributed by atoms with E-state index in [1.165, 1.54) is 24.1 Å². The molecule has 7 nitrogen and oxygen atoms in total. The van der Waals surface area contributed by atoms with Crippen molar-refractivity contribution in [1.29, 1.82) is 0 Å². The standard InChI is InChI=1S/C22H30N4O3S/c1-23(2)30(28,29)18-10-11-19-17(15-18)7-4-14-26(19)22(27)16-25-13-6-9-21(25)20-8-5-12-24(20)3/h5,8,10-12,15,21H,4,6-7,9,13-14,16H2,1-3H3. The minimum absolute atomic E-state index is 0.0836. The third-order valence-corrected chi connectivity index (χ3v) is 8.09. The maximum absolute atomic E-state index is 13.3. The van der Waals surface area contributed by atoms with Crippen molar-refractivity contribution in [2.24, 2.45) is 7.05 Å². The molecule has 1 aromatic heterocycles. The van der Waals surface area contributed by atoms with E-state index >= 15 is 0 Å². The Morgan fingerprint density at radius 3 is 2.67 bits per heavy atom. The van der Waals surface area contributed by atoms with E-state index < -0.39 is 10.0 Å². The monoisotopic (exact) mass is 430 g/mol. The molecule has 2 aliphatic rings. The maximum atomic E-state index is 13.3. The Hall–Kier alpha value is -2.16. The van der Waals surface area contributed by atoms with Gasteiger partial charge in [0.2, 0.25) is 15.9 Å². The molecule has 1 fully saturated rings. The molecule has 3 heterocycles. The molecule has 8 heteroatoms. The molecule has 0 spiro atoms. The number of likely N-dealkylation sites (tertiary alicyclic amines) is 1. The molecule has 30 heavy (non-hydrogen) atoms. The molecule has 1 atom stereocenters. The number of carbonyl (C=O) groups is 1. The van der Waals surface area contributed by atoms with Gasteiger partial charge in [0, 0.05) is 45.3 Å². The number of aryl methyl sites for hydroxylation is 2. The number of nitrogens with zero attached hydrogens (tertiary/aromatic N) is 4. The zero-order valence-corrected chi connectivity index (χ0v) is 18.7. The van der Waals surface area contributed by atoms with Crippen molar-refractivity contribution >= 4 is 21.6 Å². The van der Waals surface area contributed by atoms with Crippen LogP contribution in [0.2, 0.25) is 0 Å². The van der Waals surface area contributed by atoms with Gasteiger partial charge in [0.1, 0.15) is 0 Å². The summed E-state index contributed by atoms with van der Waals surface area (Å²) < 4.78 is 28.3. The Bertz CT molecular complexity index is 1040. The van der Waals surface area contributed by atoms with E-state index in [0.717, 1.165) is 43.5 Å². The second kappa shape index (κ2) is 8.17. The lowest BCUT2D eigenvalue weighted by atomic mass is 10.0. The highest BCUT2D eigenvalue weighted by atomic mass is 32.2. The first kappa shape index (κ1) is 21.1. The van der Waals surface area contributed by atoms with Gasteiger partial charge in [-0.3, -0.25) is 9.69 Å². The first-order valence-electron chi connectivity index (χ1n) is 10.5. The second-order valence-electron chi connectivity index (χ2n) is 8.40. The molecule has 4 rings (SSSR count). The van der Waals surface area contributed by atoms with E-state index in [1.807, 2.05) is 24.2 Å².